The SMILES string of the molecule is COc1cc2nc(C)nc(NCc3cccs3)c2cc1OC. The van der Waals surface area contributed by atoms with E-state index in [1.165, 1.54) is 4.88 Å². The van der Waals surface area contributed by atoms with Gasteiger partial charge in [0.2, 0.25) is 0 Å². The lowest BCUT2D eigenvalue weighted by molar-refractivity contribution is 0.356. The summed E-state index contributed by atoms with van der Waals surface area (Å²) in [7, 11) is 3.24. The molecule has 0 aliphatic rings. The predicted molar refractivity (Wildman–Crippen MR) is 89.0 cm³/mol. The molecule has 0 aliphatic carbocycles. The first-order valence-electron chi connectivity index (χ1n) is 6.88. The molecule has 3 aromatic rings. The molecule has 0 spiro atoms. The minimum absolute atomic E-state index is 0.664. The van der Waals surface area contributed by atoms with Crippen molar-refractivity contribution in [1.29, 1.82) is 0 Å². The molecule has 1 aromatic carbocycles. The van der Waals surface area contributed by atoms with Gasteiger partial charge in [0.1, 0.15) is 11.6 Å². The van der Waals surface area contributed by atoms with Gasteiger partial charge >= 0.3 is 0 Å². The maximum atomic E-state index is 5.37. The molecule has 1 N–H and O–H groups in total. The molecule has 0 aliphatic heterocycles. The van der Waals surface area contributed by atoms with Crippen LogP contribution in [-0.2, 0) is 6.54 Å². The average Bonchev–Trinajstić information content (AvgIpc) is 3.04. The van der Waals surface area contributed by atoms with Crippen LogP contribution in [0.5, 0.6) is 11.5 Å². The summed E-state index contributed by atoms with van der Waals surface area (Å²) in [4.78, 5) is 10.3. The third kappa shape index (κ3) is 2.82. The largest absolute Gasteiger partial charge is 0.493 e. The smallest absolute Gasteiger partial charge is 0.162 e. The Kier molecular flexibility index (Phi) is 4.11. The molecule has 6 heteroatoms. The zero-order chi connectivity index (χ0) is 15.5. The zero-order valence-corrected chi connectivity index (χ0v) is 13.5. The van der Waals surface area contributed by atoms with Gasteiger partial charge in [0.05, 0.1) is 26.3 Å². The molecule has 0 bridgehead atoms. The van der Waals surface area contributed by atoms with E-state index in [2.05, 4.69) is 26.7 Å². The van der Waals surface area contributed by atoms with E-state index in [0.717, 1.165) is 23.3 Å². The molecule has 5 nitrogen and oxygen atoms in total. The van der Waals surface area contributed by atoms with Crippen molar-refractivity contribution in [2.75, 3.05) is 19.5 Å². The number of ether oxygens (including phenoxy) is 2. The summed E-state index contributed by atoms with van der Waals surface area (Å²) in [5.41, 5.74) is 0.832. The number of hydrogen-bond donors (Lipinski definition) is 1. The van der Waals surface area contributed by atoms with Crippen LogP contribution in [0, 0.1) is 6.92 Å². The van der Waals surface area contributed by atoms with Crippen LogP contribution in [0.25, 0.3) is 10.9 Å². The Labute approximate surface area is 132 Å². The maximum Gasteiger partial charge on any atom is 0.162 e. The van der Waals surface area contributed by atoms with Crippen molar-refractivity contribution in [2.24, 2.45) is 0 Å². The second-order valence-corrected chi connectivity index (χ2v) is 5.81. The lowest BCUT2D eigenvalue weighted by Crippen LogP contribution is -2.04. The minimum Gasteiger partial charge on any atom is -0.493 e. The molecule has 114 valence electrons. The Morgan fingerprint density at radius 2 is 1.91 bits per heavy atom. The normalized spacial score (nSPS) is 10.7. The Hall–Kier alpha value is -2.34. The first-order chi connectivity index (χ1) is 10.7. The molecule has 0 saturated heterocycles. The quantitative estimate of drug-likeness (QED) is 0.779. The standard InChI is InChI=1S/C16H17N3O2S/c1-10-18-13-8-15(21-3)14(20-2)7-12(13)16(19-10)17-9-11-5-4-6-22-11/h4-8H,9H2,1-3H3,(H,17,18,19). The van der Waals surface area contributed by atoms with Crippen molar-refractivity contribution in [1.82, 2.24) is 9.97 Å². The highest BCUT2D eigenvalue weighted by Gasteiger charge is 2.12. The maximum absolute atomic E-state index is 5.37. The first kappa shape index (κ1) is 14.6. The van der Waals surface area contributed by atoms with E-state index in [1.54, 1.807) is 25.6 Å². The van der Waals surface area contributed by atoms with E-state index >= 15 is 0 Å². The van der Waals surface area contributed by atoms with Crippen LogP contribution in [-0.4, -0.2) is 24.2 Å². The molecule has 0 saturated carbocycles. The van der Waals surface area contributed by atoms with Gasteiger partial charge in [-0.25, -0.2) is 9.97 Å². The van der Waals surface area contributed by atoms with Crippen LogP contribution >= 0.6 is 11.3 Å². The number of methoxy groups -OCH3 is 2. The number of nitrogens with one attached hydrogen (secondary N) is 1. The van der Waals surface area contributed by atoms with E-state index in [-0.39, 0.29) is 0 Å². The summed E-state index contributed by atoms with van der Waals surface area (Å²) >= 11 is 1.71. The number of thiophene rings is 1. The predicted octanol–water partition coefficient (Wildman–Crippen LogP) is 3.63. The number of rotatable bonds is 5. The number of fused-ring (bicyclic) bond motifs is 1. The van der Waals surface area contributed by atoms with Crippen molar-refractivity contribution < 1.29 is 9.47 Å². The molecule has 2 aromatic heterocycles. The molecule has 0 amide bonds. The van der Waals surface area contributed by atoms with Crippen LogP contribution in [0.15, 0.2) is 29.6 Å². The van der Waals surface area contributed by atoms with Crippen LogP contribution in [0.4, 0.5) is 5.82 Å². The number of benzene rings is 1. The van der Waals surface area contributed by atoms with Crippen molar-refractivity contribution >= 4 is 28.1 Å². The molecule has 0 atom stereocenters. The molecular formula is C16H17N3O2S. The summed E-state index contributed by atoms with van der Waals surface area (Å²) in [5.74, 6) is 2.85. The van der Waals surface area contributed by atoms with Gasteiger partial charge in [-0.05, 0) is 24.4 Å². The van der Waals surface area contributed by atoms with E-state index in [0.29, 0.717) is 17.3 Å². The number of hydrogen-bond acceptors (Lipinski definition) is 6. The van der Waals surface area contributed by atoms with Crippen molar-refractivity contribution in [3.8, 4) is 11.5 Å². The Balaban J connectivity index is 2.04. The average molecular weight is 315 g/mol. The van der Waals surface area contributed by atoms with E-state index < -0.39 is 0 Å². The van der Waals surface area contributed by atoms with Crippen molar-refractivity contribution in [3.05, 3.63) is 40.3 Å². The molecular weight excluding hydrogens is 298 g/mol. The molecule has 0 fully saturated rings. The lowest BCUT2D eigenvalue weighted by atomic mass is 10.2. The van der Waals surface area contributed by atoms with Gasteiger partial charge in [0.25, 0.3) is 0 Å². The van der Waals surface area contributed by atoms with Crippen LogP contribution in [0.3, 0.4) is 0 Å². The minimum atomic E-state index is 0.664. The van der Waals surface area contributed by atoms with Gasteiger partial charge < -0.3 is 14.8 Å². The van der Waals surface area contributed by atoms with Gasteiger partial charge in [-0.3, -0.25) is 0 Å². The first-order valence-corrected chi connectivity index (χ1v) is 7.76. The highest BCUT2D eigenvalue weighted by Crippen LogP contribution is 2.34. The number of nitrogens with zero attached hydrogens (tertiary/aromatic N) is 2. The van der Waals surface area contributed by atoms with Crippen LogP contribution < -0.4 is 14.8 Å². The molecule has 22 heavy (non-hydrogen) atoms. The van der Waals surface area contributed by atoms with Crippen LogP contribution in [0.2, 0.25) is 0 Å². The zero-order valence-electron chi connectivity index (χ0n) is 12.7. The van der Waals surface area contributed by atoms with E-state index in [9.17, 15) is 0 Å². The van der Waals surface area contributed by atoms with E-state index in [4.69, 9.17) is 9.47 Å². The van der Waals surface area contributed by atoms with E-state index in [1.807, 2.05) is 25.1 Å². The highest BCUT2D eigenvalue weighted by molar-refractivity contribution is 7.09. The van der Waals surface area contributed by atoms with Crippen LogP contribution in [0.1, 0.15) is 10.7 Å². The van der Waals surface area contributed by atoms with Gasteiger partial charge in [-0.15, -0.1) is 11.3 Å². The second-order valence-electron chi connectivity index (χ2n) is 4.78. The number of aromatic nitrogens is 2. The summed E-state index contributed by atoms with van der Waals surface area (Å²) in [6, 6.07) is 7.92. The summed E-state index contributed by atoms with van der Waals surface area (Å²) in [6.07, 6.45) is 0. The fourth-order valence-electron chi connectivity index (χ4n) is 2.29. The summed E-state index contributed by atoms with van der Waals surface area (Å²) in [5, 5.41) is 6.36. The van der Waals surface area contributed by atoms with Gasteiger partial charge in [-0.2, -0.15) is 0 Å². The fourth-order valence-corrected chi connectivity index (χ4v) is 2.94. The molecule has 0 unspecified atom stereocenters. The molecule has 3 rings (SSSR count). The third-order valence-corrected chi connectivity index (χ3v) is 4.20. The topological polar surface area (TPSA) is 56.3 Å². The third-order valence-electron chi connectivity index (χ3n) is 3.32. The second kappa shape index (κ2) is 6.19. The van der Waals surface area contributed by atoms with Gasteiger partial charge in [-0.1, -0.05) is 6.07 Å². The lowest BCUT2D eigenvalue weighted by Gasteiger charge is -2.12. The molecule has 0 radical (unpaired) electrons. The van der Waals surface area contributed by atoms with Gasteiger partial charge in [0.15, 0.2) is 11.5 Å². The monoisotopic (exact) mass is 315 g/mol. The number of anilines is 1. The number of aryl methyl sites for hydroxylation is 1. The van der Waals surface area contributed by atoms with Gasteiger partial charge in [0, 0.05) is 16.3 Å². The van der Waals surface area contributed by atoms with Crippen molar-refractivity contribution in [3.63, 3.8) is 0 Å². The molecule has 2 heterocycles. The van der Waals surface area contributed by atoms with Crippen molar-refractivity contribution in [2.45, 2.75) is 13.5 Å². The highest BCUT2D eigenvalue weighted by atomic mass is 32.1. The Morgan fingerprint density at radius 3 is 2.59 bits per heavy atom. The summed E-state index contributed by atoms with van der Waals surface area (Å²) in [6.45, 7) is 2.62. The summed E-state index contributed by atoms with van der Waals surface area (Å²) < 4.78 is 10.7. The Bertz CT molecular complexity index is 788. The fraction of sp³-hybridized carbons (Fsp3) is 0.250. The Morgan fingerprint density at radius 1 is 1.14 bits per heavy atom.